The highest BCUT2D eigenvalue weighted by Crippen LogP contribution is 2.36. The van der Waals surface area contributed by atoms with Crippen LogP contribution in [0.25, 0.3) is 10.9 Å². The summed E-state index contributed by atoms with van der Waals surface area (Å²) >= 11 is 12.6. The number of hydrogen-bond acceptors (Lipinski definition) is 1. The highest BCUT2D eigenvalue weighted by Gasteiger charge is 2.24. The minimum atomic E-state index is -0.248. The lowest BCUT2D eigenvalue weighted by atomic mass is 9.87. The predicted octanol–water partition coefficient (Wildman–Crippen LogP) is 7.90. The fraction of sp³-hybridized carbons (Fsp3) is 0.100. The molecule has 0 saturated heterocycles. The number of rotatable bonds is 7. The molecule has 0 fully saturated rings. The van der Waals surface area contributed by atoms with Gasteiger partial charge in [-0.1, -0.05) is 108 Å². The van der Waals surface area contributed by atoms with E-state index in [0.29, 0.717) is 10.0 Å². The molecule has 1 aromatic heterocycles. The van der Waals surface area contributed by atoms with Gasteiger partial charge in [-0.3, -0.25) is 4.79 Å². The van der Waals surface area contributed by atoms with Crippen LogP contribution in [0.2, 0.25) is 10.0 Å². The number of benzene rings is 4. The van der Waals surface area contributed by atoms with Crippen molar-refractivity contribution in [2.45, 2.75) is 18.4 Å². The Morgan fingerprint density at radius 1 is 0.743 bits per heavy atom. The summed E-state index contributed by atoms with van der Waals surface area (Å²) in [6, 6.07) is 33.5. The first-order valence-electron chi connectivity index (χ1n) is 11.5. The predicted molar refractivity (Wildman–Crippen MR) is 144 cm³/mol. The molecule has 0 saturated carbocycles. The van der Waals surface area contributed by atoms with Crippen LogP contribution in [0.5, 0.6) is 0 Å². The Hall–Kier alpha value is -3.53. The fourth-order valence-corrected chi connectivity index (χ4v) is 4.88. The van der Waals surface area contributed by atoms with E-state index in [9.17, 15) is 4.79 Å². The van der Waals surface area contributed by atoms with Gasteiger partial charge in [-0.05, 0) is 40.5 Å². The van der Waals surface area contributed by atoms with Crippen LogP contribution in [0.15, 0.2) is 109 Å². The molecule has 174 valence electrons. The van der Waals surface area contributed by atoms with Crippen LogP contribution in [0.1, 0.15) is 40.6 Å². The third-order valence-corrected chi connectivity index (χ3v) is 7.04. The van der Waals surface area contributed by atoms with Crippen molar-refractivity contribution in [1.82, 2.24) is 10.3 Å². The Labute approximate surface area is 214 Å². The summed E-state index contributed by atoms with van der Waals surface area (Å²) in [5, 5.41) is 5.32. The summed E-state index contributed by atoms with van der Waals surface area (Å²) in [6.45, 7) is 0. The van der Waals surface area contributed by atoms with E-state index in [1.54, 1.807) is 6.07 Å². The van der Waals surface area contributed by atoms with Gasteiger partial charge < -0.3 is 10.3 Å². The molecule has 1 heterocycles. The van der Waals surface area contributed by atoms with Gasteiger partial charge >= 0.3 is 0 Å². The van der Waals surface area contributed by atoms with E-state index in [0.717, 1.165) is 33.2 Å². The number of aromatic nitrogens is 1. The number of hydrogen-bond donors (Lipinski definition) is 2. The van der Waals surface area contributed by atoms with Gasteiger partial charge in [0, 0.05) is 29.4 Å². The molecule has 4 aromatic carbocycles. The van der Waals surface area contributed by atoms with Crippen molar-refractivity contribution in [3.63, 3.8) is 0 Å². The summed E-state index contributed by atoms with van der Waals surface area (Å²) in [7, 11) is 0. The summed E-state index contributed by atoms with van der Waals surface area (Å²) in [6.07, 6.45) is 2.24. The highest BCUT2D eigenvalue weighted by atomic mass is 35.5. The van der Waals surface area contributed by atoms with Gasteiger partial charge in [0.15, 0.2) is 0 Å². The number of carbonyl (C=O) groups excluding carboxylic acids is 1. The Morgan fingerprint density at radius 3 is 2.03 bits per heavy atom. The van der Waals surface area contributed by atoms with E-state index in [2.05, 4.69) is 16.4 Å². The van der Waals surface area contributed by atoms with Crippen molar-refractivity contribution in [2.75, 3.05) is 0 Å². The normalized spacial score (nSPS) is 12.1. The minimum absolute atomic E-state index is 0.0518. The molecule has 5 aromatic rings. The number of fused-ring (bicyclic) bond motifs is 1. The zero-order valence-corrected chi connectivity index (χ0v) is 20.4. The van der Waals surface area contributed by atoms with Crippen molar-refractivity contribution < 1.29 is 4.79 Å². The van der Waals surface area contributed by atoms with E-state index in [4.69, 9.17) is 23.2 Å². The summed E-state index contributed by atoms with van der Waals surface area (Å²) < 4.78 is 0. The number of amides is 1. The Balaban J connectivity index is 1.50. The monoisotopic (exact) mass is 498 g/mol. The second-order valence-electron chi connectivity index (χ2n) is 8.54. The molecule has 3 nitrogen and oxygen atoms in total. The van der Waals surface area contributed by atoms with E-state index in [-0.39, 0.29) is 24.3 Å². The molecule has 2 N–H and O–H groups in total. The van der Waals surface area contributed by atoms with Crippen molar-refractivity contribution in [1.29, 1.82) is 0 Å². The van der Waals surface area contributed by atoms with Crippen LogP contribution in [0.3, 0.4) is 0 Å². The minimum Gasteiger partial charge on any atom is -0.361 e. The summed E-state index contributed by atoms with van der Waals surface area (Å²) in [5.74, 6) is -0.253. The van der Waals surface area contributed by atoms with Gasteiger partial charge in [0.25, 0.3) is 0 Å². The molecule has 5 heteroatoms. The van der Waals surface area contributed by atoms with Crippen molar-refractivity contribution in [3.8, 4) is 0 Å². The van der Waals surface area contributed by atoms with Crippen LogP contribution in [0.4, 0.5) is 0 Å². The molecular formula is C30H24Cl2N2O. The molecule has 0 aliphatic heterocycles. The van der Waals surface area contributed by atoms with Crippen molar-refractivity contribution in [3.05, 3.63) is 142 Å². The Kier molecular flexibility index (Phi) is 6.89. The quantitative estimate of drug-likeness (QED) is 0.235. The van der Waals surface area contributed by atoms with Gasteiger partial charge in [-0.25, -0.2) is 0 Å². The van der Waals surface area contributed by atoms with Crippen LogP contribution < -0.4 is 5.32 Å². The zero-order valence-electron chi connectivity index (χ0n) is 18.9. The first-order chi connectivity index (χ1) is 17.1. The fourth-order valence-electron chi connectivity index (χ4n) is 4.57. The molecule has 0 unspecified atom stereocenters. The second kappa shape index (κ2) is 10.4. The third-order valence-electron chi connectivity index (χ3n) is 6.30. The SMILES string of the molecule is O=C(C[C@H](c1ccc(Cl)c(Cl)c1)c1c[nH]c2ccccc12)NC(c1ccccc1)c1ccccc1. The van der Waals surface area contributed by atoms with E-state index < -0.39 is 0 Å². The molecular weight excluding hydrogens is 475 g/mol. The number of para-hydroxylation sites is 1. The summed E-state index contributed by atoms with van der Waals surface area (Å²) in [5.41, 5.74) is 5.08. The van der Waals surface area contributed by atoms with E-state index in [1.807, 2.05) is 97.2 Å². The van der Waals surface area contributed by atoms with Crippen LogP contribution >= 0.6 is 23.2 Å². The molecule has 0 spiro atoms. The summed E-state index contributed by atoms with van der Waals surface area (Å²) in [4.78, 5) is 16.9. The van der Waals surface area contributed by atoms with Crippen LogP contribution in [0, 0.1) is 0 Å². The van der Waals surface area contributed by atoms with Crippen molar-refractivity contribution in [2.24, 2.45) is 0 Å². The maximum atomic E-state index is 13.6. The zero-order chi connectivity index (χ0) is 24.2. The topological polar surface area (TPSA) is 44.9 Å². The Morgan fingerprint density at radius 2 is 1.37 bits per heavy atom. The second-order valence-corrected chi connectivity index (χ2v) is 9.36. The molecule has 1 amide bonds. The number of aromatic amines is 1. The molecule has 5 rings (SSSR count). The number of carbonyl (C=O) groups is 1. The average Bonchev–Trinajstić information content (AvgIpc) is 3.32. The molecule has 35 heavy (non-hydrogen) atoms. The Bertz CT molecular complexity index is 1410. The number of H-pyrrole nitrogens is 1. The largest absolute Gasteiger partial charge is 0.361 e. The number of halogens is 2. The molecule has 0 bridgehead atoms. The van der Waals surface area contributed by atoms with Crippen molar-refractivity contribution >= 4 is 40.0 Å². The lowest BCUT2D eigenvalue weighted by molar-refractivity contribution is -0.121. The molecule has 0 aliphatic carbocycles. The molecule has 0 radical (unpaired) electrons. The molecule has 0 aliphatic rings. The average molecular weight is 499 g/mol. The van der Waals surface area contributed by atoms with Gasteiger partial charge in [0.2, 0.25) is 5.91 Å². The maximum Gasteiger partial charge on any atom is 0.221 e. The first-order valence-corrected chi connectivity index (χ1v) is 12.3. The van der Waals surface area contributed by atoms with Gasteiger partial charge in [0.1, 0.15) is 0 Å². The lowest BCUT2D eigenvalue weighted by Crippen LogP contribution is -2.30. The van der Waals surface area contributed by atoms with E-state index >= 15 is 0 Å². The molecule has 1 atom stereocenters. The number of nitrogens with one attached hydrogen (secondary N) is 2. The van der Waals surface area contributed by atoms with Gasteiger partial charge in [0.05, 0.1) is 16.1 Å². The smallest absolute Gasteiger partial charge is 0.221 e. The maximum absolute atomic E-state index is 13.6. The van der Waals surface area contributed by atoms with Crippen LogP contribution in [-0.2, 0) is 4.79 Å². The van der Waals surface area contributed by atoms with Crippen LogP contribution in [-0.4, -0.2) is 10.9 Å². The third kappa shape index (κ3) is 5.12. The van der Waals surface area contributed by atoms with E-state index in [1.165, 1.54) is 0 Å². The van der Waals surface area contributed by atoms with Gasteiger partial charge in [-0.2, -0.15) is 0 Å². The lowest BCUT2D eigenvalue weighted by Gasteiger charge is -2.23. The highest BCUT2D eigenvalue weighted by molar-refractivity contribution is 6.42. The van der Waals surface area contributed by atoms with Gasteiger partial charge in [-0.15, -0.1) is 0 Å². The first kappa shape index (κ1) is 23.2. The standard InChI is InChI=1S/C30H24Cl2N2O/c31-26-16-15-22(17-27(26)32)24(25-19-33-28-14-8-7-13-23(25)28)18-29(35)34-30(20-9-3-1-4-10-20)21-11-5-2-6-12-21/h1-17,19,24,30,33H,18H2,(H,34,35)/t24-/m1/s1.